The zero-order valence-corrected chi connectivity index (χ0v) is 14.3. The van der Waals surface area contributed by atoms with Crippen molar-refractivity contribution in [3.63, 3.8) is 0 Å². The lowest BCUT2D eigenvalue weighted by Gasteiger charge is -2.32. The van der Waals surface area contributed by atoms with Crippen LogP contribution in [0.2, 0.25) is 0 Å². The van der Waals surface area contributed by atoms with Crippen LogP contribution in [0.1, 0.15) is 30.1 Å². The highest BCUT2D eigenvalue weighted by molar-refractivity contribution is 5.95. The number of hydrogen-bond donors (Lipinski definition) is 1. The van der Waals surface area contributed by atoms with Gasteiger partial charge in [-0.05, 0) is 38.0 Å². The molecule has 1 aliphatic rings. The Kier molecular flexibility index (Phi) is 6.28. The normalized spacial score (nSPS) is 14.9. The monoisotopic (exact) mass is 336 g/mol. The molecule has 0 bridgehead atoms. The molecule has 0 aromatic heterocycles. The van der Waals surface area contributed by atoms with Crippen molar-refractivity contribution >= 4 is 12.0 Å². The van der Waals surface area contributed by atoms with E-state index in [0.717, 1.165) is 0 Å². The summed E-state index contributed by atoms with van der Waals surface area (Å²) in [6, 6.07) is 5.18. The molecule has 1 saturated heterocycles. The van der Waals surface area contributed by atoms with Crippen LogP contribution in [0, 0.1) is 0 Å². The van der Waals surface area contributed by atoms with Crippen molar-refractivity contribution in [1.29, 1.82) is 0 Å². The molecule has 132 valence electrons. The molecule has 1 fully saturated rings. The van der Waals surface area contributed by atoms with Gasteiger partial charge in [0.15, 0.2) is 11.5 Å². The molecule has 0 radical (unpaired) electrons. The number of methoxy groups -OCH3 is 2. The number of hydrogen-bond acceptors (Lipinski definition) is 5. The maximum Gasteiger partial charge on any atom is 0.407 e. The SMILES string of the molecule is CCOC(=O)NC1CCN(C(=O)c2ccc(OC)c(OC)c2)CC1. The second-order valence-corrected chi connectivity index (χ2v) is 5.50. The topological polar surface area (TPSA) is 77.1 Å². The number of benzene rings is 1. The van der Waals surface area contributed by atoms with Gasteiger partial charge < -0.3 is 24.4 Å². The number of carbonyl (C=O) groups excluding carboxylic acids is 2. The first-order valence-electron chi connectivity index (χ1n) is 8.03. The minimum atomic E-state index is -0.401. The number of carbonyl (C=O) groups is 2. The van der Waals surface area contributed by atoms with Gasteiger partial charge in [0.1, 0.15) is 0 Å². The zero-order valence-electron chi connectivity index (χ0n) is 14.3. The summed E-state index contributed by atoms with van der Waals surface area (Å²) in [7, 11) is 3.10. The van der Waals surface area contributed by atoms with Gasteiger partial charge in [-0.15, -0.1) is 0 Å². The molecule has 0 unspecified atom stereocenters. The van der Waals surface area contributed by atoms with Crippen LogP contribution in [0.5, 0.6) is 11.5 Å². The first-order chi connectivity index (χ1) is 11.6. The van der Waals surface area contributed by atoms with Crippen LogP contribution in [-0.2, 0) is 4.74 Å². The van der Waals surface area contributed by atoms with Crippen LogP contribution in [0.3, 0.4) is 0 Å². The fourth-order valence-electron chi connectivity index (χ4n) is 2.72. The van der Waals surface area contributed by atoms with Gasteiger partial charge in [-0.2, -0.15) is 0 Å². The van der Waals surface area contributed by atoms with Crippen molar-refractivity contribution in [3.8, 4) is 11.5 Å². The van der Waals surface area contributed by atoms with E-state index in [1.54, 1.807) is 44.2 Å². The van der Waals surface area contributed by atoms with Gasteiger partial charge in [-0.25, -0.2) is 4.79 Å². The van der Waals surface area contributed by atoms with Crippen molar-refractivity contribution in [3.05, 3.63) is 23.8 Å². The molecule has 1 heterocycles. The average Bonchev–Trinajstić information content (AvgIpc) is 2.61. The molecule has 7 heteroatoms. The lowest BCUT2D eigenvalue weighted by molar-refractivity contribution is 0.0702. The Balaban J connectivity index is 1.94. The molecule has 1 N–H and O–H groups in total. The largest absolute Gasteiger partial charge is 0.493 e. The molecule has 1 aliphatic heterocycles. The number of nitrogens with one attached hydrogen (secondary N) is 1. The molecule has 7 nitrogen and oxygen atoms in total. The number of ether oxygens (including phenoxy) is 3. The summed E-state index contributed by atoms with van der Waals surface area (Å²) in [6.45, 7) is 3.29. The highest BCUT2D eigenvalue weighted by atomic mass is 16.5. The van der Waals surface area contributed by atoms with Gasteiger partial charge >= 0.3 is 6.09 Å². The number of rotatable bonds is 5. The molecule has 24 heavy (non-hydrogen) atoms. The van der Waals surface area contributed by atoms with E-state index in [4.69, 9.17) is 14.2 Å². The third kappa shape index (κ3) is 4.31. The molecular formula is C17H24N2O5. The number of amides is 2. The van der Waals surface area contributed by atoms with E-state index in [-0.39, 0.29) is 11.9 Å². The Morgan fingerprint density at radius 3 is 2.42 bits per heavy atom. The minimum absolute atomic E-state index is 0.0403. The number of alkyl carbamates (subject to hydrolysis) is 1. The van der Waals surface area contributed by atoms with Crippen LogP contribution >= 0.6 is 0 Å². The Morgan fingerprint density at radius 1 is 1.17 bits per heavy atom. The molecule has 1 aromatic rings. The van der Waals surface area contributed by atoms with Gasteiger partial charge in [0, 0.05) is 24.7 Å². The first-order valence-corrected chi connectivity index (χ1v) is 8.03. The van der Waals surface area contributed by atoms with Crippen LogP contribution < -0.4 is 14.8 Å². The van der Waals surface area contributed by atoms with Gasteiger partial charge in [0.2, 0.25) is 0 Å². The third-order valence-corrected chi connectivity index (χ3v) is 4.01. The molecule has 0 atom stereocenters. The highest BCUT2D eigenvalue weighted by Gasteiger charge is 2.25. The summed E-state index contributed by atoms with van der Waals surface area (Å²) in [4.78, 5) is 25.8. The molecule has 2 rings (SSSR count). The fourth-order valence-corrected chi connectivity index (χ4v) is 2.72. The second kappa shape index (κ2) is 8.42. The van der Waals surface area contributed by atoms with Crippen LogP contribution in [0.4, 0.5) is 4.79 Å². The summed E-state index contributed by atoms with van der Waals surface area (Å²) in [5.41, 5.74) is 0.560. The Labute approximate surface area is 141 Å². The average molecular weight is 336 g/mol. The maximum atomic E-state index is 12.6. The molecule has 0 spiro atoms. The van der Waals surface area contributed by atoms with Crippen molar-refractivity contribution in [2.45, 2.75) is 25.8 Å². The van der Waals surface area contributed by atoms with E-state index in [9.17, 15) is 9.59 Å². The summed E-state index contributed by atoms with van der Waals surface area (Å²) in [5.74, 6) is 1.07. The fraction of sp³-hybridized carbons (Fsp3) is 0.529. The predicted octanol–water partition coefficient (Wildman–Crippen LogP) is 2.05. The van der Waals surface area contributed by atoms with Gasteiger partial charge in [-0.1, -0.05) is 0 Å². The molecule has 0 aliphatic carbocycles. The number of nitrogens with zero attached hydrogens (tertiary/aromatic N) is 1. The van der Waals surface area contributed by atoms with Crippen LogP contribution in [-0.4, -0.2) is 56.9 Å². The highest BCUT2D eigenvalue weighted by Crippen LogP contribution is 2.28. The third-order valence-electron chi connectivity index (χ3n) is 4.01. The maximum absolute atomic E-state index is 12.6. The Morgan fingerprint density at radius 2 is 1.83 bits per heavy atom. The van der Waals surface area contributed by atoms with E-state index in [1.807, 2.05) is 0 Å². The van der Waals surface area contributed by atoms with E-state index in [0.29, 0.717) is 49.6 Å². The summed E-state index contributed by atoms with van der Waals surface area (Å²) >= 11 is 0. The molecule has 0 saturated carbocycles. The number of likely N-dealkylation sites (tertiary alicyclic amines) is 1. The Hall–Kier alpha value is -2.44. The summed E-state index contributed by atoms with van der Waals surface area (Å²) < 4.78 is 15.3. The quantitative estimate of drug-likeness (QED) is 0.890. The van der Waals surface area contributed by atoms with Crippen molar-refractivity contribution in [1.82, 2.24) is 10.2 Å². The molecular weight excluding hydrogens is 312 g/mol. The van der Waals surface area contributed by atoms with Crippen molar-refractivity contribution < 1.29 is 23.8 Å². The lowest BCUT2D eigenvalue weighted by atomic mass is 10.0. The number of piperidine rings is 1. The Bertz CT molecular complexity index is 582. The van der Waals surface area contributed by atoms with E-state index < -0.39 is 6.09 Å². The van der Waals surface area contributed by atoms with E-state index in [2.05, 4.69) is 5.32 Å². The van der Waals surface area contributed by atoms with Crippen molar-refractivity contribution in [2.24, 2.45) is 0 Å². The minimum Gasteiger partial charge on any atom is -0.493 e. The zero-order chi connectivity index (χ0) is 17.5. The van der Waals surface area contributed by atoms with Crippen LogP contribution in [0.25, 0.3) is 0 Å². The van der Waals surface area contributed by atoms with Crippen molar-refractivity contribution in [2.75, 3.05) is 33.9 Å². The summed E-state index contributed by atoms with van der Waals surface area (Å²) in [5, 5.41) is 2.82. The standard InChI is InChI=1S/C17H24N2O5/c1-4-24-17(21)18-13-7-9-19(10-8-13)16(20)12-5-6-14(22-2)15(11-12)23-3/h5-6,11,13H,4,7-10H2,1-3H3,(H,18,21). The smallest absolute Gasteiger partial charge is 0.407 e. The van der Waals surface area contributed by atoms with Gasteiger partial charge in [0.25, 0.3) is 5.91 Å². The lowest BCUT2D eigenvalue weighted by Crippen LogP contribution is -2.46. The van der Waals surface area contributed by atoms with Gasteiger partial charge in [-0.3, -0.25) is 4.79 Å². The van der Waals surface area contributed by atoms with E-state index in [1.165, 1.54) is 0 Å². The predicted molar refractivity (Wildman–Crippen MR) is 88.6 cm³/mol. The molecule has 2 amide bonds. The molecule has 1 aromatic carbocycles. The van der Waals surface area contributed by atoms with E-state index >= 15 is 0 Å². The second-order valence-electron chi connectivity index (χ2n) is 5.50. The van der Waals surface area contributed by atoms with Crippen LogP contribution in [0.15, 0.2) is 18.2 Å². The first kappa shape index (κ1) is 17.9. The summed E-state index contributed by atoms with van der Waals surface area (Å²) in [6.07, 6.45) is 1.01. The van der Waals surface area contributed by atoms with Gasteiger partial charge in [0.05, 0.1) is 20.8 Å².